The van der Waals surface area contributed by atoms with E-state index in [4.69, 9.17) is 20.9 Å². The minimum atomic E-state index is -0.965. The predicted molar refractivity (Wildman–Crippen MR) is 136 cm³/mol. The average Bonchev–Trinajstić information content (AvgIpc) is 2.83. The van der Waals surface area contributed by atoms with Gasteiger partial charge in [0.05, 0.1) is 17.9 Å². The quantitative estimate of drug-likeness (QED) is 0.218. The number of dihydropyridines is 1. The van der Waals surface area contributed by atoms with E-state index in [9.17, 15) is 14.3 Å². The van der Waals surface area contributed by atoms with E-state index in [-0.39, 0.29) is 24.4 Å². The van der Waals surface area contributed by atoms with Gasteiger partial charge in [0.15, 0.2) is 5.96 Å². The van der Waals surface area contributed by atoms with Gasteiger partial charge in [0, 0.05) is 24.9 Å². The SMILES string of the molecule is C=C(CCc1cccc(COC(=O)N=C(N)N)c1F)CC(C)OC1CCN(C2=CNC(O)C=C2)CC1. The summed E-state index contributed by atoms with van der Waals surface area (Å²) in [5, 5.41) is 12.4. The standard InChI is InChI=1S/C26H36FN5O4/c1-17(6-7-19-4-3-5-20(24(19)27)16-35-26(34)31-25(28)29)14-18(2)36-22-10-12-32(13-11-22)21-8-9-23(33)30-15-21/h3-5,8-9,15,18,22-23,30,33H,1,6-7,10-14,16H2,2H3,(H4,28,29,31,34). The van der Waals surface area contributed by atoms with Crippen LogP contribution < -0.4 is 16.8 Å². The normalized spacial score (nSPS) is 18.7. The number of guanidine groups is 1. The number of piperidine rings is 1. The maximum atomic E-state index is 14.8. The van der Waals surface area contributed by atoms with Crippen LogP contribution in [0.4, 0.5) is 9.18 Å². The summed E-state index contributed by atoms with van der Waals surface area (Å²) >= 11 is 0. The van der Waals surface area contributed by atoms with Crippen LogP contribution in [0.3, 0.4) is 0 Å². The maximum Gasteiger partial charge on any atom is 0.437 e. The second kappa shape index (κ2) is 13.1. The molecule has 1 fully saturated rings. The van der Waals surface area contributed by atoms with Crippen LogP contribution in [-0.2, 0) is 22.5 Å². The van der Waals surface area contributed by atoms with Crippen molar-refractivity contribution in [3.05, 3.63) is 71.3 Å². The lowest BCUT2D eigenvalue weighted by Gasteiger charge is -2.36. The first-order valence-electron chi connectivity index (χ1n) is 12.1. The summed E-state index contributed by atoms with van der Waals surface area (Å²) < 4.78 is 26.0. The van der Waals surface area contributed by atoms with Crippen molar-refractivity contribution in [3.63, 3.8) is 0 Å². The molecule has 1 aromatic carbocycles. The number of nitrogens with zero attached hydrogens (tertiary/aromatic N) is 2. The van der Waals surface area contributed by atoms with Crippen molar-refractivity contribution in [1.29, 1.82) is 0 Å². The molecule has 9 nitrogen and oxygen atoms in total. The van der Waals surface area contributed by atoms with E-state index < -0.39 is 24.1 Å². The van der Waals surface area contributed by atoms with E-state index in [1.165, 1.54) is 0 Å². The number of allylic oxidation sites excluding steroid dienone is 1. The summed E-state index contributed by atoms with van der Waals surface area (Å²) in [5.74, 6) is -0.823. The molecule has 1 saturated heterocycles. The lowest BCUT2D eigenvalue weighted by Crippen LogP contribution is -2.39. The van der Waals surface area contributed by atoms with Crippen LogP contribution in [0.15, 0.2) is 59.4 Å². The number of ether oxygens (including phenoxy) is 2. The molecule has 0 aliphatic carbocycles. The highest BCUT2D eigenvalue weighted by atomic mass is 19.1. The number of carbonyl (C=O) groups excluding carboxylic acids is 1. The Hall–Kier alpha value is -3.37. The highest BCUT2D eigenvalue weighted by Crippen LogP contribution is 2.23. The average molecular weight is 502 g/mol. The predicted octanol–water partition coefficient (Wildman–Crippen LogP) is 2.80. The molecule has 0 bridgehead atoms. The molecule has 2 aliphatic heterocycles. The number of halogens is 1. The third kappa shape index (κ3) is 8.39. The number of hydrogen-bond acceptors (Lipinski definition) is 6. The highest BCUT2D eigenvalue weighted by Gasteiger charge is 2.23. The largest absolute Gasteiger partial charge is 0.443 e. The van der Waals surface area contributed by atoms with Gasteiger partial charge in [-0.15, -0.1) is 4.99 Å². The van der Waals surface area contributed by atoms with Crippen molar-refractivity contribution in [2.24, 2.45) is 16.5 Å². The van der Waals surface area contributed by atoms with Gasteiger partial charge < -0.3 is 36.3 Å². The van der Waals surface area contributed by atoms with E-state index >= 15 is 0 Å². The molecule has 0 aromatic heterocycles. The Morgan fingerprint density at radius 3 is 2.72 bits per heavy atom. The first kappa shape index (κ1) is 27.2. The summed E-state index contributed by atoms with van der Waals surface area (Å²) in [6.07, 6.45) is 7.80. The zero-order chi connectivity index (χ0) is 26.1. The van der Waals surface area contributed by atoms with Crippen molar-refractivity contribution < 1.29 is 23.8 Å². The summed E-state index contributed by atoms with van der Waals surface area (Å²) in [6.45, 7) is 7.73. The third-order valence-electron chi connectivity index (χ3n) is 6.14. The summed E-state index contributed by atoms with van der Waals surface area (Å²) in [6, 6.07) is 4.99. The zero-order valence-corrected chi connectivity index (χ0v) is 20.7. The Morgan fingerprint density at radius 1 is 1.33 bits per heavy atom. The molecule has 1 aromatic rings. The molecule has 3 rings (SSSR count). The van der Waals surface area contributed by atoms with Gasteiger partial charge in [-0.2, -0.15) is 0 Å². The van der Waals surface area contributed by atoms with Crippen molar-refractivity contribution in [1.82, 2.24) is 10.2 Å². The topological polar surface area (TPSA) is 135 Å². The smallest absolute Gasteiger partial charge is 0.437 e. The molecule has 2 aliphatic rings. The number of hydrogen-bond donors (Lipinski definition) is 4. The van der Waals surface area contributed by atoms with E-state index in [1.807, 2.05) is 19.2 Å². The number of benzene rings is 1. The third-order valence-corrected chi connectivity index (χ3v) is 6.14. The van der Waals surface area contributed by atoms with Gasteiger partial charge in [-0.05, 0) is 56.7 Å². The van der Waals surface area contributed by atoms with E-state index in [1.54, 1.807) is 24.3 Å². The van der Waals surface area contributed by atoms with Gasteiger partial charge in [0.1, 0.15) is 18.7 Å². The van der Waals surface area contributed by atoms with Gasteiger partial charge in [0.2, 0.25) is 0 Å². The van der Waals surface area contributed by atoms with Crippen molar-refractivity contribution in [2.75, 3.05) is 13.1 Å². The number of likely N-dealkylation sites (tertiary alicyclic amines) is 1. The first-order valence-corrected chi connectivity index (χ1v) is 12.1. The van der Waals surface area contributed by atoms with Gasteiger partial charge in [0.25, 0.3) is 0 Å². The second-order valence-electron chi connectivity index (χ2n) is 9.11. The summed E-state index contributed by atoms with van der Waals surface area (Å²) in [7, 11) is 0. The van der Waals surface area contributed by atoms with Gasteiger partial charge in [-0.25, -0.2) is 9.18 Å². The van der Waals surface area contributed by atoms with Crippen LogP contribution in [0.25, 0.3) is 0 Å². The minimum Gasteiger partial charge on any atom is -0.443 e. The monoisotopic (exact) mass is 501 g/mol. The lowest BCUT2D eigenvalue weighted by atomic mass is 9.99. The molecule has 36 heavy (non-hydrogen) atoms. The molecule has 0 spiro atoms. The first-order chi connectivity index (χ1) is 17.2. The fraction of sp³-hybridized carbons (Fsp3) is 0.462. The molecule has 10 heteroatoms. The van der Waals surface area contributed by atoms with Crippen molar-refractivity contribution in [3.8, 4) is 0 Å². The maximum absolute atomic E-state index is 14.8. The van der Waals surface area contributed by atoms with Gasteiger partial charge >= 0.3 is 6.09 Å². The summed E-state index contributed by atoms with van der Waals surface area (Å²) in [4.78, 5) is 17.0. The molecule has 2 unspecified atom stereocenters. The zero-order valence-electron chi connectivity index (χ0n) is 20.7. The number of aliphatic imine (C=N–C) groups is 1. The number of amides is 1. The fourth-order valence-electron chi connectivity index (χ4n) is 4.32. The number of nitrogens with two attached hydrogens (primary N) is 2. The Bertz CT molecular complexity index is 1010. The van der Waals surface area contributed by atoms with Crippen molar-refractivity contribution >= 4 is 12.1 Å². The van der Waals surface area contributed by atoms with Crippen LogP contribution in [-0.4, -0.2) is 53.6 Å². The number of carbonyl (C=O) groups is 1. The Morgan fingerprint density at radius 2 is 2.06 bits per heavy atom. The molecule has 1 amide bonds. The molecule has 6 N–H and O–H groups in total. The number of aliphatic hydroxyl groups is 1. The van der Waals surface area contributed by atoms with Crippen LogP contribution >= 0.6 is 0 Å². The highest BCUT2D eigenvalue weighted by molar-refractivity contribution is 5.87. The number of aliphatic hydroxyl groups excluding tert-OH is 1. The molecular formula is C26H36FN5O4. The van der Waals surface area contributed by atoms with E-state index in [0.29, 0.717) is 24.8 Å². The minimum absolute atomic E-state index is 0.0192. The number of rotatable bonds is 10. The lowest BCUT2D eigenvalue weighted by molar-refractivity contribution is -0.0297. The van der Waals surface area contributed by atoms with Crippen LogP contribution in [0, 0.1) is 5.82 Å². The summed E-state index contributed by atoms with van der Waals surface area (Å²) in [5.41, 5.74) is 13.1. The van der Waals surface area contributed by atoms with Gasteiger partial charge in [-0.3, -0.25) is 0 Å². The van der Waals surface area contributed by atoms with E-state index in [2.05, 4.69) is 21.8 Å². The fourth-order valence-corrected chi connectivity index (χ4v) is 4.32. The van der Waals surface area contributed by atoms with Crippen LogP contribution in [0.2, 0.25) is 0 Å². The molecule has 0 saturated carbocycles. The van der Waals surface area contributed by atoms with Crippen molar-refractivity contribution in [2.45, 2.75) is 64.1 Å². The molecule has 0 radical (unpaired) electrons. The van der Waals surface area contributed by atoms with Crippen LogP contribution in [0.1, 0.15) is 43.7 Å². The molecular weight excluding hydrogens is 465 g/mol. The Kier molecular flexibility index (Phi) is 9.89. The second-order valence-corrected chi connectivity index (χ2v) is 9.11. The van der Waals surface area contributed by atoms with Crippen LogP contribution in [0.5, 0.6) is 0 Å². The molecule has 2 atom stereocenters. The Labute approximate surface area is 211 Å². The molecule has 2 heterocycles. The number of nitrogens with one attached hydrogen (secondary N) is 1. The molecule has 196 valence electrons. The van der Waals surface area contributed by atoms with E-state index in [0.717, 1.165) is 37.2 Å². The number of aryl methyl sites for hydroxylation is 1. The van der Waals surface area contributed by atoms with Gasteiger partial charge in [-0.1, -0.05) is 30.4 Å². The Balaban J connectivity index is 1.39.